The van der Waals surface area contributed by atoms with Crippen LogP contribution >= 0.6 is 11.8 Å². The van der Waals surface area contributed by atoms with Gasteiger partial charge in [0.15, 0.2) is 0 Å². The molecule has 0 unspecified atom stereocenters. The van der Waals surface area contributed by atoms with Crippen LogP contribution in [0.5, 0.6) is 11.5 Å². The molecule has 1 aliphatic rings. The van der Waals surface area contributed by atoms with Crippen molar-refractivity contribution in [3.05, 3.63) is 23.8 Å². The van der Waals surface area contributed by atoms with Gasteiger partial charge in [-0.25, -0.2) is 4.79 Å². The number of nitrogens with zero attached hydrogens (tertiary/aromatic N) is 1. The van der Waals surface area contributed by atoms with Crippen molar-refractivity contribution in [3.63, 3.8) is 0 Å². The van der Waals surface area contributed by atoms with Crippen molar-refractivity contribution >= 4 is 23.6 Å². The van der Waals surface area contributed by atoms with Gasteiger partial charge >= 0.3 is 5.97 Å². The number of thioether (sulfide) groups is 1. The number of aliphatic carboxylic acids is 1. The highest BCUT2D eigenvalue weighted by molar-refractivity contribution is 7.99. The molecule has 3 N–H and O–H groups in total. The molecule has 18 heavy (non-hydrogen) atoms. The minimum Gasteiger partial charge on any atom is -0.508 e. The van der Waals surface area contributed by atoms with E-state index >= 15 is 0 Å². The van der Waals surface area contributed by atoms with Crippen LogP contribution in [-0.2, 0) is 4.79 Å². The number of carbonyl (C=O) groups is 2. The van der Waals surface area contributed by atoms with E-state index in [0.29, 0.717) is 5.75 Å². The number of aromatic hydroxyl groups is 2. The van der Waals surface area contributed by atoms with E-state index in [2.05, 4.69) is 0 Å². The van der Waals surface area contributed by atoms with Crippen LogP contribution in [0.1, 0.15) is 10.4 Å². The molecule has 1 amide bonds. The summed E-state index contributed by atoms with van der Waals surface area (Å²) in [7, 11) is 0. The maximum absolute atomic E-state index is 12.1. The zero-order valence-electron chi connectivity index (χ0n) is 9.24. The quantitative estimate of drug-likeness (QED) is 0.731. The minimum absolute atomic E-state index is 0.0125. The van der Waals surface area contributed by atoms with Gasteiger partial charge in [0, 0.05) is 11.8 Å². The Hall–Kier alpha value is -1.89. The predicted octanol–water partition coefficient (Wildman–Crippen LogP) is 0.697. The first kappa shape index (κ1) is 12.6. The van der Waals surface area contributed by atoms with E-state index in [1.54, 1.807) is 0 Å². The maximum atomic E-state index is 12.1. The Morgan fingerprint density at radius 2 is 2.06 bits per heavy atom. The van der Waals surface area contributed by atoms with Gasteiger partial charge in [0.2, 0.25) is 0 Å². The Bertz CT molecular complexity index is 504. The zero-order chi connectivity index (χ0) is 13.3. The summed E-state index contributed by atoms with van der Waals surface area (Å²) in [4.78, 5) is 24.3. The molecule has 1 heterocycles. The fourth-order valence-corrected chi connectivity index (χ4v) is 2.85. The highest BCUT2D eigenvalue weighted by Gasteiger charge is 2.35. The summed E-state index contributed by atoms with van der Waals surface area (Å²) in [6.07, 6.45) is 0. The van der Waals surface area contributed by atoms with E-state index in [1.807, 2.05) is 0 Å². The molecule has 1 fully saturated rings. The number of carboxylic acids is 1. The minimum atomic E-state index is -1.06. The van der Waals surface area contributed by atoms with Crippen LogP contribution in [0.2, 0.25) is 0 Å². The largest absolute Gasteiger partial charge is 0.508 e. The molecule has 7 heteroatoms. The van der Waals surface area contributed by atoms with Crippen molar-refractivity contribution in [2.45, 2.75) is 6.04 Å². The summed E-state index contributed by atoms with van der Waals surface area (Å²) < 4.78 is 0. The Balaban J connectivity index is 2.28. The maximum Gasteiger partial charge on any atom is 0.327 e. The van der Waals surface area contributed by atoms with Crippen LogP contribution in [0.25, 0.3) is 0 Å². The third-order valence-corrected chi connectivity index (χ3v) is 3.65. The van der Waals surface area contributed by atoms with Gasteiger partial charge < -0.3 is 20.2 Å². The number of benzene rings is 1. The molecule has 1 aromatic carbocycles. The molecule has 0 aromatic heterocycles. The Kier molecular flexibility index (Phi) is 3.33. The Morgan fingerprint density at radius 3 is 2.67 bits per heavy atom. The molecule has 1 atom stereocenters. The lowest BCUT2D eigenvalue weighted by atomic mass is 10.1. The molecule has 0 radical (unpaired) electrons. The van der Waals surface area contributed by atoms with Gasteiger partial charge in [0.25, 0.3) is 5.91 Å². The van der Waals surface area contributed by atoms with E-state index in [1.165, 1.54) is 28.8 Å². The van der Waals surface area contributed by atoms with Gasteiger partial charge in [-0.15, -0.1) is 11.8 Å². The normalized spacial score (nSPS) is 18.9. The van der Waals surface area contributed by atoms with Crippen LogP contribution < -0.4 is 0 Å². The molecule has 1 saturated heterocycles. The molecule has 2 rings (SSSR count). The lowest BCUT2D eigenvalue weighted by molar-refractivity contribution is -0.140. The van der Waals surface area contributed by atoms with Crippen LogP contribution in [0.15, 0.2) is 18.2 Å². The van der Waals surface area contributed by atoms with E-state index in [4.69, 9.17) is 10.2 Å². The van der Waals surface area contributed by atoms with Gasteiger partial charge in [-0.2, -0.15) is 0 Å². The summed E-state index contributed by atoms with van der Waals surface area (Å²) in [5.41, 5.74) is -0.0125. The first-order valence-corrected chi connectivity index (χ1v) is 6.29. The molecule has 0 spiro atoms. The average molecular weight is 269 g/mol. The fraction of sp³-hybridized carbons (Fsp3) is 0.273. The first-order valence-electron chi connectivity index (χ1n) is 5.14. The number of carbonyl (C=O) groups excluding carboxylic acids is 1. The Morgan fingerprint density at radius 1 is 1.33 bits per heavy atom. The number of rotatable bonds is 2. The first-order chi connectivity index (χ1) is 8.50. The van der Waals surface area contributed by atoms with Crippen LogP contribution in [-0.4, -0.2) is 49.8 Å². The van der Waals surface area contributed by atoms with Crippen LogP contribution in [0, 0.1) is 0 Å². The zero-order valence-corrected chi connectivity index (χ0v) is 10.1. The van der Waals surface area contributed by atoms with Crippen LogP contribution in [0.3, 0.4) is 0 Å². The van der Waals surface area contributed by atoms with Crippen molar-refractivity contribution in [2.75, 3.05) is 11.6 Å². The molecule has 0 saturated carbocycles. The fourth-order valence-electron chi connectivity index (χ4n) is 1.70. The number of phenols is 2. The van der Waals surface area contributed by atoms with Crippen molar-refractivity contribution in [2.24, 2.45) is 0 Å². The third-order valence-electron chi connectivity index (χ3n) is 2.64. The van der Waals surface area contributed by atoms with Gasteiger partial charge in [-0.1, -0.05) is 0 Å². The third kappa shape index (κ3) is 2.21. The summed E-state index contributed by atoms with van der Waals surface area (Å²) in [6, 6.07) is 2.71. The number of hydrogen-bond acceptors (Lipinski definition) is 5. The topological polar surface area (TPSA) is 98.1 Å². The molecular weight excluding hydrogens is 258 g/mol. The molecule has 1 aliphatic heterocycles. The summed E-state index contributed by atoms with van der Waals surface area (Å²) in [6.45, 7) is 0. The van der Waals surface area contributed by atoms with Crippen molar-refractivity contribution in [1.82, 2.24) is 4.90 Å². The van der Waals surface area contributed by atoms with Crippen molar-refractivity contribution in [1.29, 1.82) is 0 Å². The highest BCUT2D eigenvalue weighted by Crippen LogP contribution is 2.28. The lowest BCUT2D eigenvalue weighted by Crippen LogP contribution is -2.41. The number of carboxylic acid groups (broad SMARTS) is 1. The summed E-state index contributed by atoms with van der Waals surface area (Å²) >= 11 is 1.34. The number of phenolic OH excluding ortho intramolecular Hbond substituents is 2. The second-order valence-electron chi connectivity index (χ2n) is 3.83. The smallest absolute Gasteiger partial charge is 0.327 e. The monoisotopic (exact) mass is 269 g/mol. The van der Waals surface area contributed by atoms with E-state index in [0.717, 1.165) is 6.07 Å². The highest BCUT2D eigenvalue weighted by atomic mass is 32.2. The second-order valence-corrected chi connectivity index (χ2v) is 4.83. The van der Waals surface area contributed by atoms with Gasteiger partial charge in [0.05, 0.1) is 11.4 Å². The SMILES string of the molecule is O=C(O)[C@@H]1CSCN1C(=O)c1ccc(O)cc1O. The molecule has 96 valence electrons. The number of amides is 1. The molecule has 1 aromatic rings. The molecular formula is C11H11NO5S. The average Bonchev–Trinajstić information content (AvgIpc) is 2.77. The van der Waals surface area contributed by atoms with Gasteiger partial charge in [-0.05, 0) is 12.1 Å². The summed E-state index contributed by atoms with van der Waals surface area (Å²) in [5, 5.41) is 27.7. The second kappa shape index (κ2) is 4.77. The van der Waals surface area contributed by atoms with Crippen LogP contribution in [0.4, 0.5) is 0 Å². The standard InChI is InChI=1S/C11H11NO5S/c13-6-1-2-7(9(14)3-6)10(15)12-5-18-4-8(12)11(16)17/h1-3,8,13-14H,4-5H2,(H,16,17)/t8-/m0/s1. The van der Waals surface area contributed by atoms with E-state index < -0.39 is 17.9 Å². The van der Waals surface area contributed by atoms with Crippen molar-refractivity contribution in [3.8, 4) is 11.5 Å². The van der Waals surface area contributed by atoms with Gasteiger partial charge in [0.1, 0.15) is 17.5 Å². The summed E-state index contributed by atoms with van der Waals surface area (Å²) in [5.74, 6) is -1.53. The lowest BCUT2D eigenvalue weighted by Gasteiger charge is -2.20. The predicted molar refractivity (Wildman–Crippen MR) is 64.7 cm³/mol. The molecule has 0 aliphatic carbocycles. The Labute approximate surface area is 107 Å². The number of hydrogen-bond donors (Lipinski definition) is 3. The van der Waals surface area contributed by atoms with E-state index in [-0.39, 0.29) is 22.9 Å². The molecule has 0 bridgehead atoms. The van der Waals surface area contributed by atoms with E-state index in [9.17, 15) is 14.7 Å². The van der Waals surface area contributed by atoms with Crippen molar-refractivity contribution < 1.29 is 24.9 Å². The van der Waals surface area contributed by atoms with Gasteiger partial charge in [-0.3, -0.25) is 4.79 Å². The molecule has 6 nitrogen and oxygen atoms in total.